The average Bonchev–Trinajstić information content (AvgIpc) is 2.44. The van der Waals surface area contributed by atoms with Gasteiger partial charge in [0.25, 0.3) is 0 Å². The van der Waals surface area contributed by atoms with Crippen molar-refractivity contribution in [3.8, 4) is 0 Å². The van der Waals surface area contributed by atoms with Crippen LogP contribution in [0.25, 0.3) is 0 Å². The van der Waals surface area contributed by atoms with Crippen molar-refractivity contribution < 1.29 is 0 Å². The summed E-state index contributed by atoms with van der Waals surface area (Å²) in [6, 6.07) is 9.59. The average molecular weight is 259 g/mol. The highest BCUT2D eigenvalue weighted by atomic mass is 14.9. The van der Waals surface area contributed by atoms with E-state index in [0.29, 0.717) is 6.04 Å². The van der Waals surface area contributed by atoms with E-state index in [1.165, 1.54) is 62.5 Å². The fraction of sp³-hybridized carbons (Fsp3) is 0.667. The van der Waals surface area contributed by atoms with E-state index >= 15 is 0 Å². The van der Waals surface area contributed by atoms with Crippen LogP contribution in [-0.4, -0.2) is 13.1 Å². The molecule has 1 unspecified atom stereocenters. The molecule has 1 saturated carbocycles. The quantitative estimate of drug-likeness (QED) is 0.794. The molecule has 1 heteroatoms. The number of aryl methyl sites for hydroxylation is 1. The lowest BCUT2D eigenvalue weighted by atomic mass is 9.84. The van der Waals surface area contributed by atoms with Gasteiger partial charge >= 0.3 is 0 Å². The van der Waals surface area contributed by atoms with Crippen molar-refractivity contribution in [2.45, 2.75) is 64.3 Å². The maximum absolute atomic E-state index is 3.51. The molecule has 0 aliphatic heterocycles. The van der Waals surface area contributed by atoms with Crippen LogP contribution in [0.2, 0.25) is 0 Å². The van der Waals surface area contributed by atoms with Crippen LogP contribution < -0.4 is 5.32 Å². The van der Waals surface area contributed by atoms with E-state index in [2.05, 4.69) is 43.6 Å². The number of nitrogens with one attached hydrogen (secondary N) is 1. The molecule has 19 heavy (non-hydrogen) atoms. The molecule has 0 amide bonds. The summed E-state index contributed by atoms with van der Waals surface area (Å²) in [4.78, 5) is 0. The van der Waals surface area contributed by atoms with Gasteiger partial charge in [0, 0.05) is 6.04 Å². The molecule has 1 aliphatic carbocycles. The maximum atomic E-state index is 3.51. The van der Waals surface area contributed by atoms with Gasteiger partial charge in [-0.05, 0) is 44.7 Å². The minimum atomic E-state index is 0.642. The smallest absolute Gasteiger partial charge is 0.0105 e. The predicted octanol–water partition coefficient (Wildman–Crippen LogP) is 4.49. The topological polar surface area (TPSA) is 12.0 Å². The third kappa shape index (κ3) is 4.99. The van der Waals surface area contributed by atoms with Crippen molar-refractivity contribution in [2.75, 3.05) is 7.05 Å². The minimum absolute atomic E-state index is 0.642. The molecular formula is C18H29N. The van der Waals surface area contributed by atoms with Gasteiger partial charge in [-0.3, -0.25) is 0 Å². The molecule has 1 nitrogen and oxygen atoms in total. The van der Waals surface area contributed by atoms with Gasteiger partial charge in [0.1, 0.15) is 0 Å². The largest absolute Gasteiger partial charge is 0.317 e. The Balaban J connectivity index is 1.79. The first-order chi connectivity index (χ1) is 9.28. The van der Waals surface area contributed by atoms with Crippen molar-refractivity contribution >= 4 is 0 Å². The number of hydrogen-bond acceptors (Lipinski definition) is 1. The molecule has 1 N–H and O–H groups in total. The zero-order valence-corrected chi connectivity index (χ0v) is 12.6. The first kappa shape index (κ1) is 14.6. The van der Waals surface area contributed by atoms with Crippen LogP contribution in [0.15, 0.2) is 24.3 Å². The fourth-order valence-corrected chi connectivity index (χ4v) is 3.38. The normalized spacial score (nSPS) is 18.4. The van der Waals surface area contributed by atoms with Crippen LogP contribution in [-0.2, 0) is 6.42 Å². The van der Waals surface area contributed by atoms with E-state index < -0.39 is 0 Å². The van der Waals surface area contributed by atoms with Crippen LogP contribution in [0.3, 0.4) is 0 Å². The van der Waals surface area contributed by atoms with E-state index in [4.69, 9.17) is 0 Å². The molecule has 0 spiro atoms. The summed E-state index contributed by atoms with van der Waals surface area (Å²) in [6.07, 6.45) is 11.3. The van der Waals surface area contributed by atoms with Crippen LogP contribution in [0.4, 0.5) is 0 Å². The Morgan fingerprint density at radius 2 is 2.00 bits per heavy atom. The Morgan fingerprint density at radius 1 is 1.21 bits per heavy atom. The van der Waals surface area contributed by atoms with Crippen LogP contribution in [0, 0.1) is 12.8 Å². The molecule has 1 atom stereocenters. The minimum Gasteiger partial charge on any atom is -0.317 e. The lowest BCUT2D eigenvalue weighted by Crippen LogP contribution is -2.28. The Labute approximate surface area is 118 Å². The first-order valence-electron chi connectivity index (χ1n) is 8.00. The number of hydrogen-bond donors (Lipinski definition) is 1. The van der Waals surface area contributed by atoms with Gasteiger partial charge in [-0.15, -0.1) is 0 Å². The van der Waals surface area contributed by atoms with Gasteiger partial charge in [-0.1, -0.05) is 61.9 Å². The summed E-state index contributed by atoms with van der Waals surface area (Å²) < 4.78 is 0. The van der Waals surface area contributed by atoms with Gasteiger partial charge in [0.2, 0.25) is 0 Å². The van der Waals surface area contributed by atoms with Gasteiger partial charge in [0.15, 0.2) is 0 Å². The fourth-order valence-electron chi connectivity index (χ4n) is 3.38. The molecule has 0 aromatic heterocycles. The van der Waals surface area contributed by atoms with Crippen molar-refractivity contribution in [3.63, 3.8) is 0 Å². The molecule has 1 aliphatic rings. The highest BCUT2D eigenvalue weighted by Gasteiger charge is 2.15. The van der Waals surface area contributed by atoms with Crippen LogP contribution in [0.5, 0.6) is 0 Å². The monoisotopic (exact) mass is 259 g/mol. The predicted molar refractivity (Wildman–Crippen MR) is 83.5 cm³/mol. The van der Waals surface area contributed by atoms with E-state index in [1.807, 2.05) is 0 Å². The zero-order chi connectivity index (χ0) is 13.5. The van der Waals surface area contributed by atoms with Crippen LogP contribution >= 0.6 is 0 Å². The molecule has 0 radical (unpaired) electrons. The van der Waals surface area contributed by atoms with E-state index in [-0.39, 0.29) is 0 Å². The standard InChI is InChI=1S/C18H29N/c1-15-7-6-10-17(13-15)14-18(19-2)12-11-16-8-4-3-5-9-16/h6-7,10,13,16,18-19H,3-5,8-9,11-12,14H2,1-2H3. The Kier molecular flexibility index (Phi) is 5.91. The molecule has 0 bridgehead atoms. The zero-order valence-electron chi connectivity index (χ0n) is 12.6. The molecule has 1 aromatic rings. The third-order valence-corrected chi connectivity index (χ3v) is 4.62. The third-order valence-electron chi connectivity index (χ3n) is 4.62. The molecule has 1 fully saturated rings. The summed E-state index contributed by atoms with van der Waals surface area (Å²) >= 11 is 0. The van der Waals surface area contributed by atoms with Gasteiger partial charge in [0.05, 0.1) is 0 Å². The van der Waals surface area contributed by atoms with E-state index in [9.17, 15) is 0 Å². The van der Waals surface area contributed by atoms with Crippen molar-refractivity contribution in [2.24, 2.45) is 5.92 Å². The molecule has 1 aromatic carbocycles. The second-order valence-corrected chi connectivity index (χ2v) is 6.26. The van der Waals surface area contributed by atoms with Crippen molar-refractivity contribution in [1.29, 1.82) is 0 Å². The molecule has 2 rings (SSSR count). The summed E-state index contributed by atoms with van der Waals surface area (Å²) in [6.45, 7) is 2.18. The molecule has 0 saturated heterocycles. The summed E-state index contributed by atoms with van der Waals surface area (Å²) in [5, 5.41) is 3.51. The molecule has 0 heterocycles. The SMILES string of the molecule is CNC(CCC1CCCCC1)Cc1cccc(C)c1. The molecule has 106 valence electrons. The Bertz CT molecular complexity index is 366. The van der Waals surface area contributed by atoms with Gasteiger partial charge in [-0.2, -0.15) is 0 Å². The highest BCUT2D eigenvalue weighted by Crippen LogP contribution is 2.28. The Morgan fingerprint density at radius 3 is 2.68 bits per heavy atom. The number of likely N-dealkylation sites (N-methyl/N-ethyl adjacent to an activating group) is 1. The van der Waals surface area contributed by atoms with Gasteiger partial charge in [-0.25, -0.2) is 0 Å². The number of rotatable bonds is 6. The van der Waals surface area contributed by atoms with Crippen LogP contribution in [0.1, 0.15) is 56.1 Å². The lowest BCUT2D eigenvalue weighted by Gasteiger charge is -2.24. The summed E-state index contributed by atoms with van der Waals surface area (Å²) in [5.74, 6) is 1.00. The van der Waals surface area contributed by atoms with Gasteiger partial charge < -0.3 is 5.32 Å². The second kappa shape index (κ2) is 7.69. The lowest BCUT2D eigenvalue weighted by molar-refractivity contribution is 0.316. The van der Waals surface area contributed by atoms with E-state index in [1.54, 1.807) is 0 Å². The first-order valence-corrected chi connectivity index (χ1v) is 8.00. The van der Waals surface area contributed by atoms with Crippen molar-refractivity contribution in [1.82, 2.24) is 5.32 Å². The summed E-state index contributed by atoms with van der Waals surface area (Å²) in [7, 11) is 2.11. The summed E-state index contributed by atoms with van der Waals surface area (Å²) in [5.41, 5.74) is 2.85. The van der Waals surface area contributed by atoms with E-state index in [0.717, 1.165) is 5.92 Å². The Hall–Kier alpha value is -0.820. The van der Waals surface area contributed by atoms with Crippen molar-refractivity contribution in [3.05, 3.63) is 35.4 Å². The number of benzene rings is 1. The second-order valence-electron chi connectivity index (χ2n) is 6.26. The maximum Gasteiger partial charge on any atom is 0.0105 e. The highest BCUT2D eigenvalue weighted by molar-refractivity contribution is 5.22. The molecular weight excluding hydrogens is 230 g/mol.